The van der Waals surface area contributed by atoms with Crippen molar-refractivity contribution in [1.29, 1.82) is 0 Å². The van der Waals surface area contributed by atoms with Crippen LogP contribution in [0.15, 0.2) is 72.8 Å². The molecule has 0 unspecified atom stereocenters. The van der Waals surface area contributed by atoms with Crippen LogP contribution in [0.3, 0.4) is 0 Å². The third-order valence-electron chi connectivity index (χ3n) is 5.64. The zero-order valence-electron chi connectivity index (χ0n) is 18.7. The number of carbonyl (C=O) groups is 3. The minimum atomic E-state index is -0.400. The number of rotatable bonds is 5. The molecule has 1 heterocycles. The third-order valence-corrected chi connectivity index (χ3v) is 5.64. The molecule has 0 radical (unpaired) electrons. The molecule has 0 aromatic heterocycles. The number of urea groups is 1. The molecule has 4 rings (SSSR count). The van der Waals surface area contributed by atoms with Gasteiger partial charge in [-0.05, 0) is 49.2 Å². The Labute approximate surface area is 193 Å². The molecule has 0 saturated carbocycles. The van der Waals surface area contributed by atoms with Crippen LogP contribution in [0.5, 0.6) is 0 Å². The Balaban J connectivity index is 1.48. The summed E-state index contributed by atoms with van der Waals surface area (Å²) >= 11 is 0. The molecule has 0 aliphatic carbocycles. The number of amides is 4. The number of nitrogens with one attached hydrogen (secondary N) is 2. The predicted octanol–water partition coefficient (Wildman–Crippen LogP) is 4.00. The maximum absolute atomic E-state index is 13.0. The van der Waals surface area contributed by atoms with Gasteiger partial charge in [-0.3, -0.25) is 19.4 Å². The Kier molecular flexibility index (Phi) is 6.40. The second-order valence-electron chi connectivity index (χ2n) is 8.05. The van der Waals surface area contributed by atoms with Crippen LogP contribution in [0, 0.1) is 13.8 Å². The molecule has 7 heteroatoms. The van der Waals surface area contributed by atoms with Crippen molar-refractivity contribution in [3.05, 3.63) is 89.5 Å². The average molecular weight is 443 g/mol. The van der Waals surface area contributed by atoms with E-state index in [0.29, 0.717) is 23.6 Å². The molecular formula is C26H26N4O3. The molecule has 7 nitrogen and oxygen atoms in total. The Bertz CT molecular complexity index is 1190. The lowest BCUT2D eigenvalue weighted by atomic mass is 10.1. The van der Waals surface area contributed by atoms with Crippen LogP contribution in [-0.4, -0.2) is 30.9 Å². The molecule has 3 aromatic rings. The molecule has 0 fully saturated rings. The number of para-hydroxylation sites is 2. The summed E-state index contributed by atoms with van der Waals surface area (Å²) in [5.74, 6) is -0.585. The summed E-state index contributed by atoms with van der Waals surface area (Å²) in [5, 5.41) is 5.72. The normalized spacial score (nSPS) is 12.8. The lowest BCUT2D eigenvalue weighted by Crippen LogP contribution is -2.52. The van der Waals surface area contributed by atoms with Crippen molar-refractivity contribution in [3.8, 4) is 0 Å². The number of hydrogen-bond acceptors (Lipinski definition) is 3. The van der Waals surface area contributed by atoms with E-state index in [1.54, 1.807) is 24.3 Å². The first kappa shape index (κ1) is 22.1. The second kappa shape index (κ2) is 9.56. The van der Waals surface area contributed by atoms with Gasteiger partial charge in [0.2, 0.25) is 11.8 Å². The minimum Gasteiger partial charge on any atom is -0.350 e. The molecule has 33 heavy (non-hydrogen) atoms. The van der Waals surface area contributed by atoms with Crippen LogP contribution in [0.2, 0.25) is 0 Å². The highest BCUT2D eigenvalue weighted by atomic mass is 16.2. The molecule has 168 valence electrons. The summed E-state index contributed by atoms with van der Waals surface area (Å²) in [7, 11) is 0. The van der Waals surface area contributed by atoms with E-state index in [0.717, 1.165) is 16.7 Å². The van der Waals surface area contributed by atoms with E-state index in [1.807, 2.05) is 62.4 Å². The lowest BCUT2D eigenvalue weighted by Gasteiger charge is -2.35. The largest absolute Gasteiger partial charge is 0.350 e. The summed E-state index contributed by atoms with van der Waals surface area (Å²) in [4.78, 5) is 41.4. The lowest BCUT2D eigenvalue weighted by molar-refractivity contribution is -0.123. The van der Waals surface area contributed by atoms with Crippen molar-refractivity contribution < 1.29 is 14.4 Å². The predicted molar refractivity (Wildman–Crippen MR) is 129 cm³/mol. The molecule has 0 atom stereocenters. The highest BCUT2D eigenvalue weighted by Crippen LogP contribution is 2.33. The van der Waals surface area contributed by atoms with Gasteiger partial charge in [-0.15, -0.1) is 0 Å². The number of carbonyl (C=O) groups excluding carboxylic acids is 3. The number of fused-ring (bicyclic) bond motifs is 1. The summed E-state index contributed by atoms with van der Waals surface area (Å²) in [6.07, 6.45) is 0. The van der Waals surface area contributed by atoms with Crippen molar-refractivity contribution >= 4 is 34.9 Å². The molecule has 1 aliphatic heterocycles. The van der Waals surface area contributed by atoms with Gasteiger partial charge in [0.15, 0.2) is 0 Å². The monoisotopic (exact) mass is 442 g/mol. The number of anilines is 3. The zero-order valence-corrected chi connectivity index (χ0v) is 18.7. The number of nitrogens with zero attached hydrogens (tertiary/aromatic N) is 2. The van der Waals surface area contributed by atoms with Gasteiger partial charge in [-0.25, -0.2) is 4.79 Å². The van der Waals surface area contributed by atoms with Gasteiger partial charge in [-0.1, -0.05) is 54.1 Å². The maximum Gasteiger partial charge on any atom is 0.326 e. The van der Waals surface area contributed by atoms with Crippen LogP contribution in [0.4, 0.5) is 21.9 Å². The summed E-state index contributed by atoms with van der Waals surface area (Å²) in [6.45, 7) is 4.08. The quantitative estimate of drug-likeness (QED) is 0.627. The van der Waals surface area contributed by atoms with Crippen molar-refractivity contribution in [2.45, 2.75) is 20.4 Å². The Hall–Kier alpha value is -4.13. The van der Waals surface area contributed by atoms with Gasteiger partial charge < -0.3 is 10.6 Å². The van der Waals surface area contributed by atoms with Crippen molar-refractivity contribution in [2.75, 3.05) is 28.2 Å². The van der Waals surface area contributed by atoms with Gasteiger partial charge in [-0.2, -0.15) is 0 Å². The maximum atomic E-state index is 13.0. The molecule has 2 N–H and O–H groups in total. The van der Waals surface area contributed by atoms with E-state index in [9.17, 15) is 14.4 Å². The van der Waals surface area contributed by atoms with E-state index in [4.69, 9.17) is 0 Å². The van der Waals surface area contributed by atoms with E-state index in [-0.39, 0.29) is 24.9 Å². The van der Waals surface area contributed by atoms with Crippen molar-refractivity contribution in [2.24, 2.45) is 0 Å². The second-order valence-corrected chi connectivity index (χ2v) is 8.05. The Morgan fingerprint density at radius 3 is 2.27 bits per heavy atom. The fourth-order valence-electron chi connectivity index (χ4n) is 3.74. The van der Waals surface area contributed by atoms with Crippen LogP contribution in [0.1, 0.15) is 16.7 Å². The van der Waals surface area contributed by atoms with Gasteiger partial charge in [0.05, 0.1) is 11.4 Å². The van der Waals surface area contributed by atoms with Crippen LogP contribution >= 0.6 is 0 Å². The zero-order chi connectivity index (χ0) is 23.4. The van der Waals surface area contributed by atoms with E-state index in [1.165, 1.54) is 9.80 Å². The summed E-state index contributed by atoms with van der Waals surface area (Å²) in [5.41, 5.74) is 4.95. The molecular weight excluding hydrogens is 416 g/mol. The van der Waals surface area contributed by atoms with E-state index >= 15 is 0 Å². The molecule has 0 bridgehead atoms. The van der Waals surface area contributed by atoms with Crippen molar-refractivity contribution in [3.63, 3.8) is 0 Å². The van der Waals surface area contributed by atoms with Gasteiger partial charge in [0.1, 0.15) is 13.1 Å². The minimum absolute atomic E-state index is 0.116. The average Bonchev–Trinajstić information content (AvgIpc) is 2.81. The Morgan fingerprint density at radius 2 is 1.55 bits per heavy atom. The van der Waals surface area contributed by atoms with Gasteiger partial charge in [0.25, 0.3) is 0 Å². The first-order valence-corrected chi connectivity index (χ1v) is 10.8. The molecule has 3 aromatic carbocycles. The number of hydrogen-bond donors (Lipinski definition) is 2. The SMILES string of the molecule is Cc1ccc(NC(=O)N2CC(=O)N(CC(=O)NCc3ccccc3C)c3ccccc32)cc1. The van der Waals surface area contributed by atoms with Crippen LogP contribution in [0.25, 0.3) is 0 Å². The fourth-order valence-corrected chi connectivity index (χ4v) is 3.74. The molecule has 0 saturated heterocycles. The first-order valence-electron chi connectivity index (χ1n) is 10.8. The first-order chi connectivity index (χ1) is 15.9. The molecule has 4 amide bonds. The standard InChI is InChI=1S/C26H26N4O3/c1-18-11-13-21(14-12-18)28-26(33)30-17-25(32)29(22-9-5-6-10-23(22)30)16-24(31)27-15-20-8-4-3-7-19(20)2/h3-14H,15-17H2,1-2H3,(H,27,31)(H,28,33). The van der Waals surface area contributed by atoms with Gasteiger partial charge >= 0.3 is 6.03 Å². The molecule has 0 spiro atoms. The number of aryl methyl sites for hydroxylation is 2. The topological polar surface area (TPSA) is 81.8 Å². The number of benzene rings is 3. The van der Waals surface area contributed by atoms with Crippen molar-refractivity contribution in [1.82, 2.24) is 5.32 Å². The molecule has 1 aliphatic rings. The summed E-state index contributed by atoms with van der Waals surface area (Å²) in [6, 6.07) is 22.0. The fraction of sp³-hybridized carbons (Fsp3) is 0.192. The summed E-state index contributed by atoms with van der Waals surface area (Å²) < 4.78 is 0. The van der Waals surface area contributed by atoms with Gasteiger partial charge in [0, 0.05) is 12.2 Å². The van der Waals surface area contributed by atoms with E-state index in [2.05, 4.69) is 10.6 Å². The third kappa shape index (κ3) is 5.03. The highest BCUT2D eigenvalue weighted by molar-refractivity contribution is 6.15. The van der Waals surface area contributed by atoms with Crippen LogP contribution < -0.4 is 20.4 Å². The Morgan fingerprint density at radius 1 is 0.879 bits per heavy atom. The smallest absolute Gasteiger partial charge is 0.326 e. The highest BCUT2D eigenvalue weighted by Gasteiger charge is 2.33. The van der Waals surface area contributed by atoms with Crippen LogP contribution in [-0.2, 0) is 16.1 Å². The van der Waals surface area contributed by atoms with E-state index < -0.39 is 6.03 Å².